The molecule has 0 unspecified atom stereocenters. The van der Waals surface area contributed by atoms with Crippen LogP contribution in [0.4, 0.5) is 8.78 Å². The number of esters is 2. The third kappa shape index (κ3) is 3.34. The average molecular weight is 322 g/mol. The minimum absolute atomic E-state index is 0. The van der Waals surface area contributed by atoms with Gasteiger partial charge in [-0.3, -0.25) is 9.59 Å². The van der Waals surface area contributed by atoms with Gasteiger partial charge in [0.15, 0.2) is 17.0 Å². The van der Waals surface area contributed by atoms with Crippen molar-refractivity contribution in [3.05, 3.63) is 34.9 Å². The zero-order valence-corrected chi connectivity index (χ0v) is 14.9. The number of halogens is 2. The summed E-state index contributed by atoms with van der Waals surface area (Å²) >= 11 is 0. The van der Waals surface area contributed by atoms with E-state index >= 15 is 0 Å². The number of hydrogen-bond donors (Lipinski definition) is 0. The number of carbonyl (C=O) groups excluding carboxylic acids is 2. The topological polar surface area (TPSA) is 52.6 Å². The van der Waals surface area contributed by atoms with Crippen LogP contribution in [0.2, 0.25) is 0 Å². The van der Waals surface area contributed by atoms with Crippen molar-refractivity contribution in [2.75, 3.05) is 13.2 Å². The minimum Gasteiger partial charge on any atom is -1.00 e. The van der Waals surface area contributed by atoms with Crippen LogP contribution in [0.25, 0.3) is 0 Å². The molecule has 0 aliphatic heterocycles. The molecule has 116 valence electrons. The average Bonchev–Trinajstić information content (AvgIpc) is 2.80. The number of rotatable bonds is 4. The molecule has 0 radical (unpaired) electrons. The first-order chi connectivity index (χ1) is 9.94. The van der Waals surface area contributed by atoms with Gasteiger partial charge in [0.1, 0.15) is 0 Å². The summed E-state index contributed by atoms with van der Waals surface area (Å²) in [6, 6.07) is 2.04. The fourth-order valence-corrected chi connectivity index (χ4v) is 2.58. The van der Waals surface area contributed by atoms with Crippen molar-refractivity contribution >= 4 is 11.9 Å². The van der Waals surface area contributed by atoms with Crippen LogP contribution in [0.1, 0.15) is 26.4 Å². The number of carbonyl (C=O) groups is 2. The van der Waals surface area contributed by atoms with Crippen LogP contribution in [0, 0.1) is 17.0 Å². The van der Waals surface area contributed by atoms with Crippen molar-refractivity contribution in [3.8, 4) is 0 Å². The minimum atomic E-state index is -1.55. The van der Waals surface area contributed by atoms with E-state index in [4.69, 9.17) is 9.47 Å². The standard InChI is InChI=1S/C15H16F2O4.Na.H/c1-3-20-13(18)15(14(19)21-4-2)7-9-5-11(16)12(17)6-10(9)8-15;;/h5-6H,3-4,7-8H2,1-2H3;;/q;+1;-1. The van der Waals surface area contributed by atoms with Crippen LogP contribution in [0.5, 0.6) is 0 Å². The van der Waals surface area contributed by atoms with Crippen LogP contribution in [0.15, 0.2) is 12.1 Å². The van der Waals surface area contributed by atoms with Crippen molar-refractivity contribution in [1.29, 1.82) is 0 Å². The quantitative estimate of drug-likeness (QED) is 0.418. The smallest absolute Gasteiger partial charge is 1.00 e. The van der Waals surface area contributed by atoms with Gasteiger partial charge in [0.25, 0.3) is 0 Å². The van der Waals surface area contributed by atoms with Gasteiger partial charge in [-0.15, -0.1) is 0 Å². The fourth-order valence-electron chi connectivity index (χ4n) is 2.58. The Kier molecular flexibility index (Phi) is 6.52. The number of fused-ring (bicyclic) bond motifs is 1. The molecule has 0 atom stereocenters. The normalized spacial score (nSPS) is 14.7. The van der Waals surface area contributed by atoms with Gasteiger partial charge in [-0.2, -0.15) is 0 Å². The summed E-state index contributed by atoms with van der Waals surface area (Å²) in [6.45, 7) is 3.47. The Labute approximate surface area is 150 Å². The molecule has 0 bridgehead atoms. The molecule has 4 nitrogen and oxygen atoms in total. The number of hydrogen-bond acceptors (Lipinski definition) is 4. The molecule has 0 saturated carbocycles. The van der Waals surface area contributed by atoms with Crippen LogP contribution >= 0.6 is 0 Å². The van der Waals surface area contributed by atoms with Gasteiger partial charge in [0, 0.05) is 0 Å². The van der Waals surface area contributed by atoms with E-state index in [9.17, 15) is 18.4 Å². The van der Waals surface area contributed by atoms with Gasteiger partial charge in [0.05, 0.1) is 13.2 Å². The van der Waals surface area contributed by atoms with Crippen LogP contribution in [-0.2, 0) is 31.9 Å². The molecular weight excluding hydrogens is 305 g/mol. The van der Waals surface area contributed by atoms with E-state index in [1.807, 2.05) is 0 Å². The fraction of sp³-hybridized carbons (Fsp3) is 0.467. The molecule has 1 aliphatic rings. The van der Waals surface area contributed by atoms with Crippen LogP contribution in [-0.4, -0.2) is 25.2 Å². The van der Waals surface area contributed by atoms with Crippen molar-refractivity contribution in [1.82, 2.24) is 0 Å². The van der Waals surface area contributed by atoms with E-state index in [1.54, 1.807) is 13.8 Å². The molecule has 1 aromatic rings. The summed E-state index contributed by atoms with van der Waals surface area (Å²) in [5.74, 6) is -3.45. The van der Waals surface area contributed by atoms with E-state index in [0.29, 0.717) is 11.1 Å². The molecule has 1 aliphatic carbocycles. The van der Waals surface area contributed by atoms with Gasteiger partial charge in [-0.1, -0.05) is 0 Å². The van der Waals surface area contributed by atoms with E-state index < -0.39 is 29.0 Å². The second-order valence-corrected chi connectivity index (χ2v) is 4.91. The monoisotopic (exact) mass is 322 g/mol. The molecule has 1 aromatic carbocycles. The van der Waals surface area contributed by atoms with Crippen molar-refractivity contribution in [2.45, 2.75) is 26.7 Å². The molecule has 2 rings (SSSR count). The molecule has 0 aromatic heterocycles. The zero-order chi connectivity index (χ0) is 15.6. The van der Waals surface area contributed by atoms with Gasteiger partial charge in [0.2, 0.25) is 0 Å². The third-order valence-corrected chi connectivity index (χ3v) is 3.56. The maximum Gasteiger partial charge on any atom is 1.00 e. The molecular formula is C15H17F2NaO4. The van der Waals surface area contributed by atoms with Crippen molar-refractivity contribution in [2.24, 2.45) is 5.41 Å². The van der Waals surface area contributed by atoms with E-state index in [-0.39, 0.29) is 57.0 Å². The second kappa shape index (κ2) is 7.53. The van der Waals surface area contributed by atoms with Gasteiger partial charge in [-0.25, -0.2) is 8.78 Å². The summed E-state index contributed by atoms with van der Waals surface area (Å²) in [5.41, 5.74) is -0.695. The molecule has 0 heterocycles. The molecule has 0 spiro atoms. The van der Waals surface area contributed by atoms with Crippen molar-refractivity contribution in [3.63, 3.8) is 0 Å². The first-order valence-corrected chi connectivity index (χ1v) is 6.75. The molecule has 0 saturated heterocycles. The maximum absolute atomic E-state index is 13.3. The maximum atomic E-state index is 13.3. The van der Waals surface area contributed by atoms with Crippen LogP contribution in [0.3, 0.4) is 0 Å². The predicted molar refractivity (Wildman–Crippen MR) is 70.6 cm³/mol. The zero-order valence-electron chi connectivity index (χ0n) is 13.9. The van der Waals surface area contributed by atoms with Gasteiger partial charge in [-0.05, 0) is 49.9 Å². The first-order valence-electron chi connectivity index (χ1n) is 6.75. The Morgan fingerprint density at radius 1 is 1.05 bits per heavy atom. The van der Waals surface area contributed by atoms with Crippen LogP contribution < -0.4 is 29.6 Å². The Bertz CT molecular complexity index is 544. The van der Waals surface area contributed by atoms with E-state index in [2.05, 4.69) is 0 Å². The molecule has 0 N–H and O–H groups in total. The molecule has 7 heteroatoms. The number of benzene rings is 1. The molecule has 0 fully saturated rings. The number of ether oxygens (including phenoxy) is 2. The third-order valence-electron chi connectivity index (χ3n) is 3.56. The molecule has 0 amide bonds. The SMILES string of the molecule is CCOC(=O)C1(C(=O)OCC)Cc2cc(F)c(F)cc2C1.[H-].[Na+]. The molecule has 22 heavy (non-hydrogen) atoms. The Morgan fingerprint density at radius 3 is 1.73 bits per heavy atom. The summed E-state index contributed by atoms with van der Waals surface area (Å²) < 4.78 is 36.6. The Hall–Kier alpha value is -0.980. The first kappa shape index (κ1) is 19.1. The Morgan fingerprint density at radius 2 is 1.41 bits per heavy atom. The summed E-state index contributed by atoms with van der Waals surface area (Å²) in [7, 11) is 0. The van der Waals surface area contributed by atoms with E-state index in [0.717, 1.165) is 12.1 Å². The largest absolute Gasteiger partial charge is 1.00 e. The van der Waals surface area contributed by atoms with Gasteiger partial charge >= 0.3 is 41.5 Å². The predicted octanol–water partition coefficient (Wildman–Crippen LogP) is -0.707. The summed E-state index contributed by atoms with van der Waals surface area (Å²) in [5, 5.41) is 0. The summed E-state index contributed by atoms with van der Waals surface area (Å²) in [6.07, 6.45) is -0.0889. The Balaban J connectivity index is 0.00000242. The van der Waals surface area contributed by atoms with Gasteiger partial charge < -0.3 is 10.9 Å². The second-order valence-electron chi connectivity index (χ2n) is 4.91. The van der Waals surface area contributed by atoms with E-state index in [1.165, 1.54) is 0 Å². The summed E-state index contributed by atoms with van der Waals surface area (Å²) in [4.78, 5) is 24.4. The van der Waals surface area contributed by atoms with Crippen molar-refractivity contribution < 1.29 is 58.8 Å².